The Bertz CT molecular complexity index is 977. The molecule has 0 unspecified atom stereocenters. The van der Waals surface area contributed by atoms with Crippen LogP contribution in [0, 0.1) is 0 Å². The summed E-state index contributed by atoms with van der Waals surface area (Å²) in [5.74, 6) is 0.478. The van der Waals surface area contributed by atoms with Gasteiger partial charge in [-0.1, -0.05) is 30.3 Å². The van der Waals surface area contributed by atoms with Gasteiger partial charge < -0.3 is 14.8 Å². The van der Waals surface area contributed by atoms with Crippen LogP contribution in [0.15, 0.2) is 59.5 Å². The van der Waals surface area contributed by atoms with Crippen LogP contribution < -0.4 is 10.1 Å². The van der Waals surface area contributed by atoms with Crippen LogP contribution in [0.1, 0.15) is 24.4 Å². The van der Waals surface area contributed by atoms with Crippen molar-refractivity contribution in [2.75, 3.05) is 53.6 Å². The lowest BCUT2D eigenvalue weighted by molar-refractivity contribution is -0.122. The average Bonchev–Trinajstić information content (AvgIpc) is 2.86. The molecule has 1 atom stereocenters. The van der Waals surface area contributed by atoms with Gasteiger partial charge in [0.1, 0.15) is 5.75 Å². The van der Waals surface area contributed by atoms with Gasteiger partial charge in [0.15, 0.2) is 0 Å². The van der Waals surface area contributed by atoms with Crippen LogP contribution in [0.25, 0.3) is 0 Å². The fourth-order valence-corrected chi connectivity index (χ4v) is 5.18. The zero-order valence-corrected chi connectivity index (χ0v) is 20.1. The first-order valence-corrected chi connectivity index (χ1v) is 12.6. The minimum absolute atomic E-state index is 0.0203. The third-order valence-corrected chi connectivity index (χ3v) is 7.70. The number of carbonyl (C=O) groups excluding carboxylic acids is 1. The van der Waals surface area contributed by atoms with Gasteiger partial charge in [-0.2, -0.15) is 4.31 Å². The number of methoxy groups -OCH3 is 1. The Morgan fingerprint density at radius 2 is 1.79 bits per heavy atom. The molecule has 1 saturated heterocycles. The molecule has 33 heavy (non-hydrogen) atoms. The second-order valence-electron chi connectivity index (χ2n) is 7.98. The van der Waals surface area contributed by atoms with E-state index in [4.69, 9.17) is 9.47 Å². The number of morpholine rings is 1. The van der Waals surface area contributed by atoms with E-state index in [0.29, 0.717) is 12.3 Å². The number of rotatable bonds is 11. The number of amides is 1. The Kier molecular flexibility index (Phi) is 9.25. The van der Waals surface area contributed by atoms with Crippen molar-refractivity contribution >= 4 is 15.9 Å². The minimum Gasteiger partial charge on any atom is -0.497 e. The highest BCUT2D eigenvalue weighted by atomic mass is 32.2. The Morgan fingerprint density at radius 1 is 1.12 bits per heavy atom. The van der Waals surface area contributed by atoms with Crippen LogP contribution in [0.5, 0.6) is 5.75 Å². The summed E-state index contributed by atoms with van der Waals surface area (Å²) in [7, 11) is -0.695. The maximum atomic E-state index is 13.2. The Balaban J connectivity index is 1.68. The minimum atomic E-state index is -3.78. The number of sulfonamides is 1. The van der Waals surface area contributed by atoms with E-state index < -0.39 is 16.1 Å². The third-order valence-electron chi connectivity index (χ3n) is 5.82. The Morgan fingerprint density at radius 3 is 2.42 bits per heavy atom. The summed E-state index contributed by atoms with van der Waals surface area (Å²) in [4.78, 5) is 15.3. The molecule has 1 aliphatic heterocycles. The van der Waals surface area contributed by atoms with Crippen LogP contribution in [0.4, 0.5) is 0 Å². The van der Waals surface area contributed by atoms with Crippen molar-refractivity contribution in [3.05, 3.63) is 60.2 Å². The van der Waals surface area contributed by atoms with E-state index in [1.807, 2.05) is 0 Å². The predicted molar refractivity (Wildman–Crippen MR) is 127 cm³/mol. The highest BCUT2D eigenvalue weighted by Gasteiger charge is 2.30. The molecule has 8 nitrogen and oxygen atoms in total. The number of carbonyl (C=O) groups is 1. The van der Waals surface area contributed by atoms with Crippen molar-refractivity contribution in [1.29, 1.82) is 0 Å². The maximum absolute atomic E-state index is 13.2. The second kappa shape index (κ2) is 12.1. The molecule has 0 aliphatic carbocycles. The van der Waals surface area contributed by atoms with Crippen molar-refractivity contribution < 1.29 is 22.7 Å². The molecule has 1 heterocycles. The average molecular weight is 476 g/mol. The molecule has 0 saturated carbocycles. The summed E-state index contributed by atoms with van der Waals surface area (Å²) in [5.41, 5.74) is 0.723. The SMILES string of the molecule is COc1ccc([C@@H](CC(=O)NCCCN2CCOCC2)N(C)S(=O)(=O)c2ccccc2)cc1. The van der Waals surface area contributed by atoms with Crippen LogP contribution >= 0.6 is 0 Å². The van der Waals surface area contributed by atoms with E-state index in [-0.39, 0.29) is 17.2 Å². The molecule has 0 spiro atoms. The quantitative estimate of drug-likeness (QED) is 0.502. The van der Waals surface area contributed by atoms with E-state index in [1.165, 1.54) is 11.4 Å². The van der Waals surface area contributed by atoms with Gasteiger partial charge in [0.05, 0.1) is 31.3 Å². The molecular formula is C24H33N3O5S. The fraction of sp³-hybridized carbons (Fsp3) is 0.458. The molecule has 0 aromatic heterocycles. The number of hydrogen-bond acceptors (Lipinski definition) is 6. The van der Waals surface area contributed by atoms with Gasteiger partial charge in [0.2, 0.25) is 15.9 Å². The zero-order valence-electron chi connectivity index (χ0n) is 19.3. The van der Waals surface area contributed by atoms with Gasteiger partial charge in [-0.3, -0.25) is 9.69 Å². The van der Waals surface area contributed by atoms with Gasteiger partial charge in [-0.25, -0.2) is 8.42 Å². The van der Waals surface area contributed by atoms with Gasteiger partial charge in [-0.15, -0.1) is 0 Å². The number of nitrogens with zero attached hydrogens (tertiary/aromatic N) is 2. The monoisotopic (exact) mass is 475 g/mol. The lowest BCUT2D eigenvalue weighted by Crippen LogP contribution is -2.39. The first-order chi connectivity index (χ1) is 15.9. The summed E-state index contributed by atoms with van der Waals surface area (Å²) >= 11 is 0. The summed E-state index contributed by atoms with van der Waals surface area (Å²) in [6.45, 7) is 4.76. The number of hydrogen-bond donors (Lipinski definition) is 1. The molecule has 9 heteroatoms. The molecule has 3 rings (SSSR count). The number of nitrogens with one attached hydrogen (secondary N) is 1. The molecule has 1 fully saturated rings. The summed E-state index contributed by atoms with van der Waals surface area (Å²) in [5, 5.41) is 2.95. The van der Waals surface area contributed by atoms with Crippen LogP contribution in [0.2, 0.25) is 0 Å². The smallest absolute Gasteiger partial charge is 0.243 e. The lowest BCUT2D eigenvalue weighted by Gasteiger charge is -2.28. The predicted octanol–water partition coefficient (Wildman–Crippen LogP) is 2.29. The van der Waals surface area contributed by atoms with Crippen molar-refractivity contribution in [2.45, 2.75) is 23.8 Å². The van der Waals surface area contributed by atoms with Gasteiger partial charge >= 0.3 is 0 Å². The first kappa shape index (κ1) is 25.2. The summed E-state index contributed by atoms with van der Waals surface area (Å²) < 4.78 is 38.3. The number of ether oxygens (including phenoxy) is 2. The molecule has 0 radical (unpaired) electrons. The fourth-order valence-electron chi connectivity index (χ4n) is 3.81. The third kappa shape index (κ3) is 7.01. The zero-order chi connectivity index (χ0) is 23.7. The van der Waals surface area contributed by atoms with E-state index in [9.17, 15) is 13.2 Å². The molecule has 1 N–H and O–H groups in total. The van der Waals surface area contributed by atoms with Crippen LogP contribution in [-0.2, 0) is 19.6 Å². The number of benzene rings is 2. The van der Waals surface area contributed by atoms with E-state index in [2.05, 4.69) is 10.2 Å². The van der Waals surface area contributed by atoms with Crippen molar-refractivity contribution in [2.24, 2.45) is 0 Å². The van der Waals surface area contributed by atoms with Crippen molar-refractivity contribution in [3.8, 4) is 5.75 Å². The van der Waals surface area contributed by atoms with Gasteiger partial charge in [0, 0.05) is 33.1 Å². The second-order valence-corrected chi connectivity index (χ2v) is 9.98. The lowest BCUT2D eigenvalue weighted by atomic mass is 10.0. The van der Waals surface area contributed by atoms with Crippen molar-refractivity contribution in [1.82, 2.24) is 14.5 Å². The van der Waals surface area contributed by atoms with Gasteiger partial charge in [0.25, 0.3) is 0 Å². The van der Waals surface area contributed by atoms with Crippen LogP contribution in [-0.4, -0.2) is 77.1 Å². The molecular weight excluding hydrogens is 442 g/mol. The van der Waals surface area contributed by atoms with E-state index in [0.717, 1.165) is 44.8 Å². The topological polar surface area (TPSA) is 88.2 Å². The normalized spacial score (nSPS) is 15.8. The molecule has 1 amide bonds. The van der Waals surface area contributed by atoms with Gasteiger partial charge in [-0.05, 0) is 42.8 Å². The molecule has 180 valence electrons. The highest BCUT2D eigenvalue weighted by Crippen LogP contribution is 2.30. The summed E-state index contributed by atoms with van der Waals surface area (Å²) in [6, 6.07) is 14.7. The van der Waals surface area contributed by atoms with Crippen molar-refractivity contribution in [3.63, 3.8) is 0 Å². The van der Waals surface area contributed by atoms with E-state index in [1.54, 1.807) is 61.7 Å². The Hall–Kier alpha value is -2.46. The molecule has 0 bridgehead atoms. The standard InChI is InChI=1S/C24H33N3O5S/c1-26(33(29,30)22-7-4-3-5-8-22)23(20-9-11-21(31-2)12-10-20)19-24(28)25-13-6-14-27-15-17-32-18-16-27/h3-5,7-12,23H,6,13-19H2,1-2H3,(H,25,28)/t23-/m1/s1. The largest absolute Gasteiger partial charge is 0.497 e. The highest BCUT2D eigenvalue weighted by molar-refractivity contribution is 7.89. The first-order valence-electron chi connectivity index (χ1n) is 11.2. The maximum Gasteiger partial charge on any atom is 0.243 e. The molecule has 1 aliphatic rings. The summed E-state index contributed by atoms with van der Waals surface area (Å²) in [6.07, 6.45) is 0.851. The Labute approximate surface area is 196 Å². The van der Waals surface area contributed by atoms with E-state index >= 15 is 0 Å². The molecule has 2 aromatic rings. The molecule has 2 aromatic carbocycles. The van der Waals surface area contributed by atoms with Crippen LogP contribution in [0.3, 0.4) is 0 Å².